The van der Waals surface area contributed by atoms with E-state index < -0.39 is 26.4 Å². The van der Waals surface area contributed by atoms with Crippen LogP contribution in [0.2, 0.25) is 10.0 Å². The van der Waals surface area contributed by atoms with Crippen molar-refractivity contribution < 1.29 is 17.9 Å². The summed E-state index contributed by atoms with van der Waals surface area (Å²) in [5.74, 6) is -0.861. The van der Waals surface area contributed by atoms with Gasteiger partial charge < -0.3 is 4.74 Å². The molecule has 2 heterocycles. The van der Waals surface area contributed by atoms with Crippen LogP contribution in [0.5, 0.6) is 0 Å². The van der Waals surface area contributed by atoms with E-state index in [0.29, 0.717) is 17.1 Å². The first kappa shape index (κ1) is 28.6. The van der Waals surface area contributed by atoms with Crippen molar-refractivity contribution in [2.45, 2.75) is 18.4 Å². The van der Waals surface area contributed by atoms with Gasteiger partial charge >= 0.3 is 5.97 Å². The Morgan fingerprint density at radius 1 is 1.02 bits per heavy atom. The SMILES string of the molecule is Cc1c(NS(=O)(=O)c2cc(C(=O)OCc3csc(-c4ccccc4)n3)c(Cl)cc2Cl)c(=O)n(-c2ccccc2)n1C. The molecule has 0 aliphatic heterocycles. The molecule has 2 aromatic heterocycles. The van der Waals surface area contributed by atoms with Crippen LogP contribution in [-0.2, 0) is 28.4 Å². The highest BCUT2D eigenvalue weighted by molar-refractivity contribution is 7.92. The predicted molar refractivity (Wildman–Crippen MR) is 160 cm³/mol. The number of esters is 1. The fourth-order valence-electron chi connectivity index (χ4n) is 4.07. The molecule has 3 aromatic carbocycles. The molecule has 0 unspecified atom stereocenters. The summed E-state index contributed by atoms with van der Waals surface area (Å²) >= 11 is 13.9. The number of hydrogen-bond donors (Lipinski definition) is 1. The zero-order valence-electron chi connectivity index (χ0n) is 21.7. The average molecular weight is 630 g/mol. The smallest absolute Gasteiger partial charge is 0.340 e. The third kappa shape index (κ3) is 5.80. The third-order valence-electron chi connectivity index (χ3n) is 6.25. The van der Waals surface area contributed by atoms with E-state index in [9.17, 15) is 18.0 Å². The monoisotopic (exact) mass is 628 g/mol. The Hall–Kier alpha value is -3.90. The third-order valence-corrected chi connectivity index (χ3v) is 9.31. The molecule has 0 saturated heterocycles. The summed E-state index contributed by atoms with van der Waals surface area (Å²) in [5, 5.41) is 2.21. The lowest BCUT2D eigenvalue weighted by molar-refractivity contribution is 0.0468. The fourth-order valence-corrected chi connectivity index (χ4v) is 6.85. The second kappa shape index (κ2) is 11.5. The first-order valence-electron chi connectivity index (χ1n) is 12.1. The molecule has 0 aliphatic rings. The first-order chi connectivity index (χ1) is 19.6. The number of para-hydroxylation sites is 1. The Kier molecular flexibility index (Phi) is 8.05. The van der Waals surface area contributed by atoms with E-state index in [1.165, 1.54) is 20.7 Å². The lowest BCUT2D eigenvalue weighted by Crippen LogP contribution is -2.23. The maximum atomic E-state index is 13.4. The second-order valence-electron chi connectivity index (χ2n) is 8.89. The van der Waals surface area contributed by atoms with Gasteiger partial charge in [0.15, 0.2) is 0 Å². The van der Waals surface area contributed by atoms with E-state index in [1.54, 1.807) is 49.7 Å². The Labute approximate surface area is 249 Å². The molecule has 0 aliphatic carbocycles. The van der Waals surface area contributed by atoms with E-state index in [0.717, 1.165) is 22.7 Å². The Morgan fingerprint density at radius 2 is 1.68 bits per heavy atom. The van der Waals surface area contributed by atoms with Gasteiger partial charge in [0.25, 0.3) is 15.6 Å². The van der Waals surface area contributed by atoms with Crippen LogP contribution in [0.3, 0.4) is 0 Å². The van der Waals surface area contributed by atoms with Crippen molar-refractivity contribution in [3.8, 4) is 16.3 Å². The highest BCUT2D eigenvalue weighted by atomic mass is 35.5. The van der Waals surface area contributed by atoms with Crippen LogP contribution in [0, 0.1) is 6.92 Å². The largest absolute Gasteiger partial charge is 0.456 e. The van der Waals surface area contributed by atoms with Crippen molar-refractivity contribution >= 4 is 56.2 Å². The van der Waals surface area contributed by atoms with Crippen LogP contribution in [0.4, 0.5) is 5.69 Å². The van der Waals surface area contributed by atoms with Gasteiger partial charge in [0.1, 0.15) is 22.2 Å². The number of thiazole rings is 1. The minimum atomic E-state index is -4.43. The van der Waals surface area contributed by atoms with Gasteiger partial charge in [-0.25, -0.2) is 22.9 Å². The Bertz CT molecular complexity index is 1920. The van der Waals surface area contributed by atoms with Crippen molar-refractivity contribution in [2.75, 3.05) is 4.72 Å². The van der Waals surface area contributed by atoms with Gasteiger partial charge in [-0.2, -0.15) is 0 Å². The maximum absolute atomic E-state index is 13.4. The maximum Gasteiger partial charge on any atom is 0.340 e. The van der Waals surface area contributed by atoms with E-state index >= 15 is 0 Å². The van der Waals surface area contributed by atoms with Gasteiger partial charge in [-0.05, 0) is 31.2 Å². The molecule has 41 heavy (non-hydrogen) atoms. The lowest BCUT2D eigenvalue weighted by Gasteiger charge is -2.12. The molecular weight excluding hydrogens is 607 g/mol. The minimum Gasteiger partial charge on any atom is -0.456 e. The molecular formula is C28H22Cl2N4O5S2. The summed E-state index contributed by atoms with van der Waals surface area (Å²) < 4.78 is 37.4. The van der Waals surface area contributed by atoms with Crippen LogP contribution in [0.1, 0.15) is 21.7 Å². The molecule has 0 saturated carbocycles. The standard InChI is InChI=1S/C28H22Cl2N4O5S2/c1-17-25(27(35)34(33(17)2)20-11-7-4-8-12-20)32-41(37,38)24-13-21(22(29)14-23(24)30)28(36)39-15-19-16-40-26(31-19)18-9-5-3-6-10-18/h3-14,16,32H,15H2,1-2H3. The van der Waals surface area contributed by atoms with Crippen LogP contribution >= 0.6 is 34.5 Å². The molecule has 0 bridgehead atoms. The number of carbonyl (C=O) groups is 1. The molecule has 1 N–H and O–H groups in total. The molecule has 0 spiro atoms. The number of carbonyl (C=O) groups excluding carboxylic acids is 1. The molecule has 13 heteroatoms. The molecule has 9 nitrogen and oxygen atoms in total. The number of aromatic nitrogens is 3. The van der Waals surface area contributed by atoms with Gasteiger partial charge in [0, 0.05) is 18.0 Å². The topological polar surface area (TPSA) is 112 Å². The van der Waals surface area contributed by atoms with Gasteiger partial charge in [-0.15, -0.1) is 11.3 Å². The van der Waals surface area contributed by atoms with E-state index in [2.05, 4.69) is 9.71 Å². The summed E-state index contributed by atoms with van der Waals surface area (Å²) in [6.07, 6.45) is 0. The highest BCUT2D eigenvalue weighted by Crippen LogP contribution is 2.31. The average Bonchev–Trinajstić information content (AvgIpc) is 3.51. The summed E-state index contributed by atoms with van der Waals surface area (Å²) in [6.45, 7) is 1.45. The number of sulfonamides is 1. The van der Waals surface area contributed by atoms with Crippen LogP contribution in [0.25, 0.3) is 16.3 Å². The second-order valence-corrected chi connectivity index (χ2v) is 12.2. The van der Waals surface area contributed by atoms with Gasteiger partial charge in [0.05, 0.1) is 32.7 Å². The number of rotatable bonds is 8. The number of nitrogens with zero attached hydrogens (tertiary/aromatic N) is 3. The first-order valence-corrected chi connectivity index (χ1v) is 15.2. The van der Waals surface area contributed by atoms with Crippen LogP contribution in [0.15, 0.2) is 87.9 Å². The van der Waals surface area contributed by atoms with Gasteiger partial charge in [0.2, 0.25) is 0 Å². The predicted octanol–water partition coefficient (Wildman–Crippen LogP) is 6.07. The van der Waals surface area contributed by atoms with E-state index in [4.69, 9.17) is 27.9 Å². The number of nitrogens with one attached hydrogen (secondary N) is 1. The molecule has 0 amide bonds. The summed E-state index contributed by atoms with van der Waals surface area (Å²) in [7, 11) is -2.79. The minimum absolute atomic E-state index is 0.0930. The summed E-state index contributed by atoms with van der Waals surface area (Å²) in [5.41, 5.74) is 1.43. The van der Waals surface area contributed by atoms with E-state index in [1.807, 2.05) is 30.3 Å². The summed E-state index contributed by atoms with van der Waals surface area (Å²) in [6, 6.07) is 20.5. The molecule has 5 aromatic rings. The van der Waals surface area contributed by atoms with Crippen molar-refractivity contribution in [3.63, 3.8) is 0 Å². The quantitative estimate of drug-likeness (QED) is 0.209. The Balaban J connectivity index is 1.39. The van der Waals surface area contributed by atoms with Gasteiger partial charge in [-0.3, -0.25) is 14.2 Å². The highest BCUT2D eigenvalue weighted by Gasteiger charge is 2.27. The molecule has 0 fully saturated rings. The number of halogens is 2. The van der Waals surface area contributed by atoms with Crippen molar-refractivity contribution in [1.82, 2.24) is 14.3 Å². The van der Waals surface area contributed by atoms with Crippen LogP contribution in [-0.4, -0.2) is 28.7 Å². The number of hydrogen-bond acceptors (Lipinski definition) is 7. The van der Waals surface area contributed by atoms with Gasteiger partial charge in [-0.1, -0.05) is 71.7 Å². The molecule has 210 valence electrons. The molecule has 0 radical (unpaired) electrons. The van der Waals surface area contributed by atoms with Crippen molar-refractivity contribution in [1.29, 1.82) is 0 Å². The summed E-state index contributed by atoms with van der Waals surface area (Å²) in [4.78, 5) is 30.2. The van der Waals surface area contributed by atoms with Crippen molar-refractivity contribution in [2.24, 2.45) is 7.05 Å². The van der Waals surface area contributed by atoms with Crippen LogP contribution < -0.4 is 10.3 Å². The normalized spacial score (nSPS) is 11.4. The lowest BCUT2D eigenvalue weighted by atomic mass is 10.2. The zero-order valence-corrected chi connectivity index (χ0v) is 24.8. The molecule has 5 rings (SSSR count). The molecule has 0 atom stereocenters. The zero-order chi connectivity index (χ0) is 29.3. The fraction of sp³-hybridized carbons (Fsp3) is 0.107. The van der Waals surface area contributed by atoms with E-state index in [-0.39, 0.29) is 27.9 Å². The van der Waals surface area contributed by atoms with Crippen molar-refractivity contribution in [3.05, 3.63) is 116 Å². The number of anilines is 1. The Morgan fingerprint density at radius 3 is 2.37 bits per heavy atom. The number of benzene rings is 3. The number of ether oxygens (including phenoxy) is 1.